The molecule has 120 valence electrons. The summed E-state index contributed by atoms with van der Waals surface area (Å²) in [6.07, 6.45) is 0.775. The van der Waals surface area contributed by atoms with Gasteiger partial charge in [0.2, 0.25) is 0 Å². The molecule has 2 heterocycles. The third kappa shape index (κ3) is 2.32. The maximum absolute atomic E-state index is 12.2. The van der Waals surface area contributed by atoms with E-state index in [-0.39, 0.29) is 17.5 Å². The van der Waals surface area contributed by atoms with Crippen molar-refractivity contribution in [2.75, 3.05) is 6.61 Å². The minimum absolute atomic E-state index is 0.0271. The Hall–Kier alpha value is -3.15. The number of rotatable bonds is 3. The van der Waals surface area contributed by atoms with Gasteiger partial charge < -0.3 is 9.57 Å². The van der Waals surface area contributed by atoms with Crippen molar-refractivity contribution in [1.29, 1.82) is 0 Å². The van der Waals surface area contributed by atoms with Gasteiger partial charge in [-0.3, -0.25) is 9.59 Å². The molecule has 0 bridgehead atoms. The summed E-state index contributed by atoms with van der Waals surface area (Å²) in [6.45, 7) is 0.637. The Balaban J connectivity index is 1.47. The molecule has 2 amide bonds. The van der Waals surface area contributed by atoms with Gasteiger partial charge in [-0.05, 0) is 29.3 Å². The molecular formula is C18H13NO5. The number of hydrogen-bond acceptors (Lipinski definition) is 5. The molecule has 2 aromatic rings. The van der Waals surface area contributed by atoms with E-state index in [9.17, 15) is 14.4 Å². The summed E-state index contributed by atoms with van der Waals surface area (Å²) in [7, 11) is 0. The van der Waals surface area contributed by atoms with Crippen LogP contribution in [0.4, 0.5) is 0 Å². The Morgan fingerprint density at radius 2 is 1.79 bits per heavy atom. The van der Waals surface area contributed by atoms with Crippen molar-refractivity contribution in [2.24, 2.45) is 0 Å². The van der Waals surface area contributed by atoms with E-state index >= 15 is 0 Å². The van der Waals surface area contributed by atoms with Gasteiger partial charge in [0.05, 0.1) is 24.2 Å². The number of hydroxylamine groups is 2. The number of hydrogen-bond donors (Lipinski definition) is 0. The van der Waals surface area contributed by atoms with Crippen molar-refractivity contribution in [2.45, 2.75) is 12.8 Å². The minimum Gasteiger partial charge on any atom is -0.493 e. The zero-order chi connectivity index (χ0) is 16.7. The SMILES string of the molecule is O=C(Cc1ccc2c(c1)CCO2)ON1C(=O)c2ccccc2C1=O. The number of imide groups is 1. The van der Waals surface area contributed by atoms with Crippen molar-refractivity contribution in [3.8, 4) is 5.75 Å². The summed E-state index contributed by atoms with van der Waals surface area (Å²) >= 11 is 0. The Bertz CT molecular complexity index is 838. The molecule has 2 aliphatic rings. The van der Waals surface area contributed by atoms with Gasteiger partial charge in [-0.15, -0.1) is 0 Å². The highest BCUT2D eigenvalue weighted by Crippen LogP contribution is 2.27. The number of carbonyl (C=O) groups is 3. The van der Waals surface area contributed by atoms with Crippen molar-refractivity contribution in [1.82, 2.24) is 5.06 Å². The lowest BCUT2D eigenvalue weighted by atomic mass is 10.1. The maximum atomic E-state index is 12.2. The Morgan fingerprint density at radius 3 is 2.50 bits per heavy atom. The lowest BCUT2D eigenvalue weighted by molar-refractivity contribution is -0.167. The number of carbonyl (C=O) groups excluding carboxylic acids is 3. The molecule has 0 N–H and O–H groups in total. The van der Waals surface area contributed by atoms with E-state index in [1.54, 1.807) is 18.2 Å². The van der Waals surface area contributed by atoms with E-state index in [0.717, 1.165) is 23.3 Å². The van der Waals surface area contributed by atoms with Crippen LogP contribution in [-0.2, 0) is 22.5 Å². The average molecular weight is 323 g/mol. The molecule has 0 aliphatic carbocycles. The van der Waals surface area contributed by atoms with E-state index in [1.165, 1.54) is 12.1 Å². The van der Waals surface area contributed by atoms with Gasteiger partial charge in [0, 0.05) is 6.42 Å². The van der Waals surface area contributed by atoms with Crippen LogP contribution in [-0.4, -0.2) is 29.5 Å². The molecule has 0 spiro atoms. The van der Waals surface area contributed by atoms with Crippen molar-refractivity contribution >= 4 is 17.8 Å². The van der Waals surface area contributed by atoms with Crippen LogP contribution in [0.2, 0.25) is 0 Å². The second kappa shape index (κ2) is 5.49. The first-order valence-electron chi connectivity index (χ1n) is 7.57. The molecule has 0 saturated heterocycles. The Morgan fingerprint density at radius 1 is 1.08 bits per heavy atom. The third-order valence-electron chi connectivity index (χ3n) is 4.05. The van der Waals surface area contributed by atoms with Crippen LogP contribution in [0.25, 0.3) is 0 Å². The van der Waals surface area contributed by atoms with E-state index in [4.69, 9.17) is 9.57 Å². The van der Waals surface area contributed by atoms with Crippen LogP contribution in [0.3, 0.4) is 0 Å². The fraction of sp³-hybridized carbons (Fsp3) is 0.167. The normalized spacial score (nSPS) is 15.1. The van der Waals surface area contributed by atoms with E-state index < -0.39 is 17.8 Å². The van der Waals surface area contributed by atoms with Crippen LogP contribution in [0, 0.1) is 0 Å². The van der Waals surface area contributed by atoms with E-state index in [0.29, 0.717) is 11.7 Å². The van der Waals surface area contributed by atoms with Gasteiger partial charge in [-0.2, -0.15) is 0 Å². The lowest BCUT2D eigenvalue weighted by Crippen LogP contribution is -2.33. The number of nitrogens with zero attached hydrogens (tertiary/aromatic N) is 1. The first-order valence-corrected chi connectivity index (χ1v) is 7.57. The van der Waals surface area contributed by atoms with Gasteiger partial charge in [0.25, 0.3) is 11.8 Å². The molecule has 0 aromatic heterocycles. The highest BCUT2D eigenvalue weighted by atomic mass is 16.7. The van der Waals surface area contributed by atoms with Gasteiger partial charge in [0.15, 0.2) is 0 Å². The third-order valence-corrected chi connectivity index (χ3v) is 4.05. The first kappa shape index (κ1) is 14.4. The Labute approximate surface area is 137 Å². The molecule has 0 fully saturated rings. The summed E-state index contributed by atoms with van der Waals surface area (Å²) < 4.78 is 5.42. The number of fused-ring (bicyclic) bond motifs is 2. The topological polar surface area (TPSA) is 72.9 Å². The monoisotopic (exact) mass is 323 g/mol. The van der Waals surface area contributed by atoms with Crippen molar-refractivity contribution in [3.63, 3.8) is 0 Å². The van der Waals surface area contributed by atoms with Gasteiger partial charge >= 0.3 is 5.97 Å². The molecule has 0 saturated carbocycles. The highest BCUT2D eigenvalue weighted by Gasteiger charge is 2.38. The largest absolute Gasteiger partial charge is 0.493 e. The minimum atomic E-state index is -0.664. The Kier molecular flexibility index (Phi) is 3.30. The predicted octanol–water partition coefficient (Wildman–Crippen LogP) is 1.92. The molecule has 24 heavy (non-hydrogen) atoms. The highest BCUT2D eigenvalue weighted by molar-refractivity contribution is 6.20. The second-order valence-corrected chi connectivity index (χ2v) is 5.63. The van der Waals surface area contributed by atoms with Gasteiger partial charge in [0.1, 0.15) is 5.75 Å². The number of amides is 2. The lowest BCUT2D eigenvalue weighted by Gasteiger charge is -2.12. The first-order chi connectivity index (χ1) is 11.6. The van der Waals surface area contributed by atoms with Crippen LogP contribution in [0.5, 0.6) is 5.75 Å². The molecule has 0 radical (unpaired) electrons. The van der Waals surface area contributed by atoms with Crippen LogP contribution >= 0.6 is 0 Å². The zero-order valence-corrected chi connectivity index (χ0v) is 12.7. The zero-order valence-electron chi connectivity index (χ0n) is 12.7. The maximum Gasteiger partial charge on any atom is 0.337 e. The van der Waals surface area contributed by atoms with Crippen LogP contribution in [0.1, 0.15) is 31.8 Å². The van der Waals surface area contributed by atoms with Crippen molar-refractivity contribution in [3.05, 3.63) is 64.7 Å². The molecule has 4 rings (SSSR count). The smallest absolute Gasteiger partial charge is 0.337 e. The molecule has 2 aromatic carbocycles. The molecule has 0 atom stereocenters. The standard InChI is InChI=1S/C18H13NO5/c20-16(10-11-5-6-15-12(9-11)7-8-23-15)24-19-17(21)13-3-1-2-4-14(13)18(19)22/h1-6,9H,7-8,10H2. The molecule has 6 heteroatoms. The van der Waals surface area contributed by atoms with E-state index in [2.05, 4.69) is 0 Å². The predicted molar refractivity (Wildman–Crippen MR) is 82.4 cm³/mol. The summed E-state index contributed by atoms with van der Waals surface area (Å²) in [4.78, 5) is 41.4. The van der Waals surface area contributed by atoms with E-state index in [1.807, 2.05) is 12.1 Å². The van der Waals surface area contributed by atoms with Crippen LogP contribution < -0.4 is 4.74 Å². The molecule has 0 unspecified atom stereocenters. The van der Waals surface area contributed by atoms with Gasteiger partial charge in [-0.25, -0.2) is 4.79 Å². The average Bonchev–Trinajstić information content (AvgIpc) is 3.14. The second-order valence-electron chi connectivity index (χ2n) is 5.63. The molecular weight excluding hydrogens is 310 g/mol. The summed E-state index contributed by atoms with van der Waals surface area (Å²) in [5, 5.41) is 0.531. The van der Waals surface area contributed by atoms with Gasteiger partial charge in [-0.1, -0.05) is 29.3 Å². The quantitative estimate of drug-likeness (QED) is 0.807. The molecule has 2 aliphatic heterocycles. The summed E-state index contributed by atoms with van der Waals surface area (Å²) in [5.74, 6) is -1.08. The fourth-order valence-corrected chi connectivity index (χ4v) is 2.90. The number of ether oxygens (including phenoxy) is 1. The summed E-state index contributed by atoms with van der Waals surface area (Å²) in [6, 6.07) is 11.8. The fourth-order valence-electron chi connectivity index (χ4n) is 2.90. The number of benzene rings is 2. The molecule has 6 nitrogen and oxygen atoms in total. The van der Waals surface area contributed by atoms with Crippen molar-refractivity contribution < 1.29 is 24.0 Å². The van der Waals surface area contributed by atoms with Crippen LogP contribution in [0.15, 0.2) is 42.5 Å². The summed E-state index contributed by atoms with van der Waals surface area (Å²) in [5.41, 5.74) is 2.27.